The number of esters is 1. The lowest BCUT2D eigenvalue weighted by atomic mass is 10.3. The second-order valence-electron chi connectivity index (χ2n) is 9.02. The Labute approximate surface area is 235 Å². The first-order chi connectivity index (χ1) is 19.5. The number of aromatic nitrogens is 5. The highest BCUT2D eigenvalue weighted by atomic mass is 16.5. The van der Waals surface area contributed by atoms with E-state index in [0.29, 0.717) is 18.7 Å². The van der Waals surface area contributed by atoms with Gasteiger partial charge in [-0.05, 0) is 26.0 Å². The number of amides is 4. The molecule has 0 saturated carbocycles. The molecule has 0 bridgehead atoms. The fourth-order valence-corrected chi connectivity index (χ4v) is 3.75. The molecule has 0 atom stereocenters. The first-order valence-electron chi connectivity index (χ1n) is 12.8. The number of hydrogen-bond acceptors (Lipinski definition) is 9. The van der Waals surface area contributed by atoms with Crippen LogP contribution in [-0.2, 0) is 35.5 Å². The molecule has 0 aliphatic carbocycles. The van der Waals surface area contributed by atoms with Crippen LogP contribution in [0.5, 0.6) is 0 Å². The Morgan fingerprint density at radius 2 is 1.44 bits per heavy atom. The van der Waals surface area contributed by atoms with E-state index in [2.05, 4.69) is 31.2 Å². The summed E-state index contributed by atoms with van der Waals surface area (Å²) in [4.78, 5) is 69.8. The third-order valence-electron chi connectivity index (χ3n) is 5.69. The van der Waals surface area contributed by atoms with Crippen molar-refractivity contribution < 1.29 is 28.7 Å². The molecule has 16 nitrogen and oxygen atoms in total. The Morgan fingerprint density at radius 3 is 2.07 bits per heavy atom. The first kappa shape index (κ1) is 30.6. The van der Waals surface area contributed by atoms with E-state index < -0.39 is 23.7 Å². The van der Waals surface area contributed by atoms with E-state index in [1.54, 1.807) is 34.3 Å². The molecule has 0 unspecified atom stereocenters. The van der Waals surface area contributed by atoms with Crippen molar-refractivity contribution >= 4 is 46.9 Å². The number of carbonyl (C=O) groups excluding carboxylic acids is 5. The quantitative estimate of drug-likeness (QED) is 0.179. The van der Waals surface area contributed by atoms with E-state index in [0.717, 1.165) is 0 Å². The summed E-state index contributed by atoms with van der Waals surface area (Å²) in [6.07, 6.45) is 5.29. The average molecular weight is 571 g/mol. The highest BCUT2D eigenvalue weighted by Gasteiger charge is 2.19. The number of ether oxygens (including phenoxy) is 1. The van der Waals surface area contributed by atoms with E-state index in [1.165, 1.54) is 32.2 Å². The molecule has 0 radical (unpaired) electrons. The predicted molar refractivity (Wildman–Crippen MR) is 148 cm³/mol. The number of aryl methyl sites for hydroxylation is 3. The Morgan fingerprint density at radius 1 is 0.829 bits per heavy atom. The zero-order chi connectivity index (χ0) is 30.1. The molecule has 16 heteroatoms. The summed E-state index contributed by atoms with van der Waals surface area (Å²) in [5, 5.41) is 10.5. The lowest BCUT2D eigenvalue weighted by Gasteiger charge is -2.06. The summed E-state index contributed by atoms with van der Waals surface area (Å²) >= 11 is 0. The van der Waals surface area contributed by atoms with Crippen molar-refractivity contribution in [3.63, 3.8) is 0 Å². The van der Waals surface area contributed by atoms with Gasteiger partial charge in [-0.1, -0.05) is 0 Å². The van der Waals surface area contributed by atoms with Gasteiger partial charge >= 0.3 is 5.97 Å². The maximum Gasteiger partial charge on any atom is 0.374 e. The summed E-state index contributed by atoms with van der Waals surface area (Å²) in [5.41, 5.74) is 6.01. The van der Waals surface area contributed by atoms with E-state index in [4.69, 9.17) is 10.5 Å². The number of hydrogen-bond donors (Lipinski definition) is 5. The number of rotatable bonds is 13. The molecule has 3 aromatic rings. The molecular weight excluding hydrogens is 536 g/mol. The topological polar surface area (TPSA) is 209 Å². The number of carbonyl (C=O) groups is 5. The van der Waals surface area contributed by atoms with Crippen LogP contribution in [0.4, 0.5) is 17.3 Å². The Bertz CT molecular complexity index is 1440. The zero-order valence-electron chi connectivity index (χ0n) is 23.3. The van der Waals surface area contributed by atoms with Gasteiger partial charge < -0.3 is 45.4 Å². The van der Waals surface area contributed by atoms with Crippen LogP contribution in [0.15, 0.2) is 24.7 Å². The van der Waals surface area contributed by atoms with Gasteiger partial charge in [0.2, 0.25) is 23.5 Å². The van der Waals surface area contributed by atoms with E-state index in [1.807, 2.05) is 0 Å². The van der Waals surface area contributed by atoms with Gasteiger partial charge in [-0.3, -0.25) is 19.2 Å². The summed E-state index contributed by atoms with van der Waals surface area (Å²) in [7, 11) is 4.85. The van der Waals surface area contributed by atoms with Gasteiger partial charge in [0.1, 0.15) is 5.69 Å². The predicted octanol–water partition coefficient (Wildman–Crippen LogP) is 0.357. The molecule has 0 aliphatic rings. The van der Waals surface area contributed by atoms with Crippen LogP contribution in [0.3, 0.4) is 0 Å². The van der Waals surface area contributed by atoms with Crippen LogP contribution in [0, 0.1) is 0 Å². The SMILES string of the molecule is CCOC(=O)c1nc(NC(=O)CCNC(=O)c2cc(NC(=O)c3nc(NC(=O)CCCN)cn3C)cn2C)cn1C. The largest absolute Gasteiger partial charge is 0.460 e. The van der Waals surface area contributed by atoms with Crippen molar-refractivity contribution in [3.05, 3.63) is 42.0 Å². The van der Waals surface area contributed by atoms with Gasteiger partial charge in [0.05, 0.1) is 12.3 Å². The van der Waals surface area contributed by atoms with Crippen molar-refractivity contribution in [2.75, 3.05) is 35.6 Å². The molecule has 3 aromatic heterocycles. The second-order valence-corrected chi connectivity index (χ2v) is 9.02. The average Bonchev–Trinajstić information content (AvgIpc) is 3.58. The van der Waals surface area contributed by atoms with E-state index >= 15 is 0 Å². The number of nitrogens with zero attached hydrogens (tertiary/aromatic N) is 5. The van der Waals surface area contributed by atoms with Crippen molar-refractivity contribution in [3.8, 4) is 0 Å². The molecule has 0 fully saturated rings. The molecule has 41 heavy (non-hydrogen) atoms. The smallest absolute Gasteiger partial charge is 0.374 e. The Balaban J connectivity index is 1.51. The maximum absolute atomic E-state index is 12.8. The third kappa shape index (κ3) is 8.25. The molecule has 0 aliphatic heterocycles. The van der Waals surface area contributed by atoms with Crippen LogP contribution in [-0.4, -0.2) is 73.0 Å². The molecule has 0 saturated heterocycles. The van der Waals surface area contributed by atoms with Crippen LogP contribution >= 0.6 is 0 Å². The van der Waals surface area contributed by atoms with Crippen molar-refractivity contribution in [1.82, 2.24) is 29.0 Å². The highest BCUT2D eigenvalue weighted by Crippen LogP contribution is 2.16. The molecular formula is C25H34N10O6. The van der Waals surface area contributed by atoms with Crippen molar-refractivity contribution in [2.24, 2.45) is 26.9 Å². The maximum atomic E-state index is 12.8. The molecule has 6 N–H and O–H groups in total. The van der Waals surface area contributed by atoms with Gasteiger partial charge in [-0.2, -0.15) is 0 Å². The van der Waals surface area contributed by atoms with Gasteiger partial charge in [-0.25, -0.2) is 14.8 Å². The van der Waals surface area contributed by atoms with Gasteiger partial charge in [0.25, 0.3) is 11.8 Å². The second kappa shape index (κ2) is 13.9. The molecule has 0 aromatic carbocycles. The number of anilines is 3. The molecule has 3 rings (SSSR count). The summed E-state index contributed by atoms with van der Waals surface area (Å²) < 4.78 is 9.35. The molecule has 4 amide bonds. The highest BCUT2D eigenvalue weighted by molar-refractivity contribution is 6.03. The number of nitrogens with one attached hydrogen (secondary N) is 4. The minimum atomic E-state index is -0.604. The van der Waals surface area contributed by atoms with E-state index in [-0.39, 0.29) is 60.9 Å². The standard InChI is InChI=1S/C25H34N10O6/c1-5-41-25(40)22-32-18(14-35(22)4)30-20(37)8-10-27-23(38)16-11-15(12-33(16)2)28-24(39)21-31-17(13-34(21)3)29-19(36)7-6-9-26/h11-14H,5-10,26H2,1-4H3,(H,27,38)(H,28,39)(H,29,36)(H,30,37). The minimum absolute atomic E-state index is 0.0299. The number of nitrogens with two attached hydrogens (primary N) is 1. The van der Waals surface area contributed by atoms with Crippen LogP contribution in [0.25, 0.3) is 0 Å². The first-order valence-corrected chi connectivity index (χ1v) is 12.8. The summed E-state index contributed by atoms with van der Waals surface area (Å²) in [6, 6.07) is 1.48. The Hall–Kier alpha value is -4.99. The fraction of sp³-hybridized carbons (Fsp3) is 0.400. The summed E-state index contributed by atoms with van der Waals surface area (Å²) in [6.45, 7) is 2.30. The van der Waals surface area contributed by atoms with Gasteiger partial charge in [0, 0.05) is 59.1 Å². The summed E-state index contributed by atoms with van der Waals surface area (Å²) in [5.74, 6) is -1.73. The lowest BCUT2D eigenvalue weighted by Crippen LogP contribution is -2.29. The van der Waals surface area contributed by atoms with Crippen LogP contribution < -0.4 is 27.0 Å². The minimum Gasteiger partial charge on any atom is -0.460 e. The molecule has 0 spiro atoms. The fourth-order valence-electron chi connectivity index (χ4n) is 3.75. The lowest BCUT2D eigenvalue weighted by molar-refractivity contribution is -0.117. The number of imidazole rings is 2. The monoisotopic (exact) mass is 570 g/mol. The van der Waals surface area contributed by atoms with E-state index in [9.17, 15) is 24.0 Å². The van der Waals surface area contributed by atoms with Gasteiger partial charge in [0.15, 0.2) is 11.6 Å². The normalized spacial score (nSPS) is 10.7. The Kier molecular flexibility index (Phi) is 10.3. The third-order valence-corrected chi connectivity index (χ3v) is 5.69. The van der Waals surface area contributed by atoms with Crippen molar-refractivity contribution in [2.45, 2.75) is 26.2 Å². The zero-order valence-corrected chi connectivity index (χ0v) is 23.3. The van der Waals surface area contributed by atoms with Crippen LogP contribution in [0.1, 0.15) is 57.9 Å². The van der Waals surface area contributed by atoms with Crippen LogP contribution in [0.2, 0.25) is 0 Å². The molecule has 3 heterocycles. The van der Waals surface area contributed by atoms with Gasteiger partial charge in [-0.15, -0.1) is 0 Å². The molecule has 220 valence electrons. The van der Waals surface area contributed by atoms with Crippen molar-refractivity contribution in [1.29, 1.82) is 0 Å².